The van der Waals surface area contributed by atoms with Crippen LogP contribution in [0.15, 0.2) is 53.9 Å². The van der Waals surface area contributed by atoms with E-state index in [4.69, 9.17) is 4.74 Å². The number of rotatable bonds is 6. The van der Waals surface area contributed by atoms with E-state index < -0.39 is 15.4 Å². The highest BCUT2D eigenvalue weighted by atomic mass is 32.2. The maximum atomic E-state index is 12.9. The Balaban J connectivity index is 1.86. The summed E-state index contributed by atoms with van der Waals surface area (Å²) in [5, 5.41) is 1.13. The molecule has 0 unspecified atom stereocenters. The molecule has 0 aromatic heterocycles. The number of ether oxygens (including phenoxy) is 1. The summed E-state index contributed by atoms with van der Waals surface area (Å²) in [4.78, 5) is 14.6. The second kappa shape index (κ2) is 8.29. The fraction of sp³-hybridized carbons (Fsp3) is 0.318. The normalized spacial score (nSPS) is 16.2. The quantitative estimate of drug-likeness (QED) is 0.766. The largest absolute Gasteiger partial charge is 0.490 e. The fourth-order valence-electron chi connectivity index (χ4n) is 3.09. The molecule has 2 aromatic carbocycles. The number of fused-ring (bicyclic) bond motifs is 1. The molecule has 6 nitrogen and oxygen atoms in total. The van der Waals surface area contributed by atoms with Crippen molar-refractivity contribution in [2.24, 2.45) is 5.41 Å². The number of hydrogen-bond donors (Lipinski definition) is 1. The number of hydrogen-bond acceptors (Lipinski definition) is 4. The summed E-state index contributed by atoms with van der Waals surface area (Å²) in [5.41, 5.74) is 1.17. The molecule has 1 amide bonds. The average molecular weight is 415 g/mol. The number of carbonyl (C=O) groups is 1. The Hall–Kier alpha value is -2.80. The Morgan fingerprint density at radius 3 is 2.59 bits per heavy atom. The van der Waals surface area contributed by atoms with Crippen molar-refractivity contribution < 1.29 is 17.9 Å². The number of carbonyl (C=O) groups excluding carboxylic acids is 1. The maximum absolute atomic E-state index is 12.9. The van der Waals surface area contributed by atoms with Crippen molar-refractivity contribution in [3.63, 3.8) is 0 Å². The van der Waals surface area contributed by atoms with Crippen LogP contribution in [0, 0.1) is 5.41 Å². The number of anilines is 2. The minimum Gasteiger partial charge on any atom is -0.490 e. The second-order valence-corrected chi connectivity index (χ2v) is 9.24. The van der Waals surface area contributed by atoms with Gasteiger partial charge < -0.3 is 9.64 Å². The van der Waals surface area contributed by atoms with Crippen LogP contribution in [0.4, 0.5) is 11.4 Å². The van der Waals surface area contributed by atoms with Crippen LogP contribution in [0.5, 0.6) is 5.75 Å². The van der Waals surface area contributed by atoms with E-state index in [9.17, 15) is 13.2 Å². The average Bonchev–Trinajstić information content (AvgIpc) is 2.77. The molecule has 1 N–H and O–H groups in total. The van der Waals surface area contributed by atoms with Gasteiger partial charge >= 0.3 is 0 Å². The summed E-state index contributed by atoms with van der Waals surface area (Å²) in [5.74, 6) is 0.488. The lowest BCUT2D eigenvalue weighted by Gasteiger charge is -2.27. The number of sulfonamides is 1. The predicted molar refractivity (Wildman–Crippen MR) is 116 cm³/mol. The van der Waals surface area contributed by atoms with Gasteiger partial charge in [-0.25, -0.2) is 8.42 Å². The van der Waals surface area contributed by atoms with Crippen molar-refractivity contribution in [3.8, 4) is 5.75 Å². The van der Waals surface area contributed by atoms with Gasteiger partial charge in [-0.15, -0.1) is 0 Å². The lowest BCUT2D eigenvalue weighted by atomic mass is 9.93. The maximum Gasteiger partial charge on any atom is 0.255 e. The minimum absolute atomic E-state index is 0.00257. The van der Waals surface area contributed by atoms with Gasteiger partial charge in [0.1, 0.15) is 12.4 Å². The molecular weight excluding hydrogens is 388 g/mol. The van der Waals surface area contributed by atoms with Gasteiger partial charge in [-0.2, -0.15) is 0 Å². The van der Waals surface area contributed by atoms with Gasteiger partial charge in [-0.3, -0.25) is 9.52 Å². The van der Waals surface area contributed by atoms with Crippen LogP contribution in [0.3, 0.4) is 0 Å². The van der Waals surface area contributed by atoms with Gasteiger partial charge in [0.25, 0.3) is 10.0 Å². The van der Waals surface area contributed by atoms with E-state index in [1.54, 1.807) is 23.1 Å². The third-order valence-electron chi connectivity index (χ3n) is 4.61. The van der Waals surface area contributed by atoms with E-state index in [0.717, 1.165) is 17.4 Å². The molecule has 0 bridgehead atoms. The van der Waals surface area contributed by atoms with Gasteiger partial charge in [0, 0.05) is 12.6 Å². The molecular formula is C22H26N2O4S. The molecule has 0 spiro atoms. The summed E-state index contributed by atoms with van der Waals surface area (Å²) in [6.07, 6.45) is 2.34. The smallest absolute Gasteiger partial charge is 0.255 e. The minimum atomic E-state index is -3.69. The van der Waals surface area contributed by atoms with Crippen LogP contribution in [0.25, 0.3) is 6.08 Å². The highest BCUT2D eigenvalue weighted by molar-refractivity contribution is 7.95. The first kappa shape index (κ1) is 20.9. The Morgan fingerprint density at radius 2 is 1.90 bits per heavy atom. The van der Waals surface area contributed by atoms with Crippen molar-refractivity contribution in [2.45, 2.75) is 27.2 Å². The van der Waals surface area contributed by atoms with Gasteiger partial charge in [-0.1, -0.05) is 37.3 Å². The van der Waals surface area contributed by atoms with Crippen molar-refractivity contribution in [2.75, 3.05) is 22.8 Å². The molecule has 0 radical (unpaired) electrons. The topological polar surface area (TPSA) is 75.7 Å². The first-order chi connectivity index (χ1) is 13.7. The molecule has 1 aliphatic heterocycles. The van der Waals surface area contributed by atoms with Crippen molar-refractivity contribution >= 4 is 33.4 Å². The molecule has 154 valence electrons. The third kappa shape index (κ3) is 4.98. The van der Waals surface area contributed by atoms with Crippen LogP contribution in [0.2, 0.25) is 0 Å². The SMILES string of the molecule is CCCN1C(=O)C(C)(C)COc2cc(NS(=O)(=O)/C=C/c3ccccc3)ccc21. The van der Waals surface area contributed by atoms with E-state index in [0.29, 0.717) is 23.7 Å². The summed E-state index contributed by atoms with van der Waals surface area (Å²) >= 11 is 0. The standard InChI is InChI=1S/C22H26N2O4S/c1-4-13-24-19-11-10-18(15-20(19)28-16-22(2,3)21(24)25)23-29(26,27)14-12-17-8-6-5-7-9-17/h5-12,14-15,23H,4,13,16H2,1-3H3/b14-12+. The molecule has 0 aliphatic carbocycles. The lowest BCUT2D eigenvalue weighted by Crippen LogP contribution is -2.42. The lowest BCUT2D eigenvalue weighted by molar-refractivity contribution is -0.127. The number of nitrogens with one attached hydrogen (secondary N) is 1. The van der Waals surface area contributed by atoms with E-state index in [2.05, 4.69) is 4.72 Å². The summed E-state index contributed by atoms with van der Waals surface area (Å²) in [7, 11) is -3.69. The van der Waals surface area contributed by atoms with Crippen molar-refractivity contribution in [1.29, 1.82) is 0 Å². The molecule has 1 heterocycles. The summed E-state index contributed by atoms with van der Waals surface area (Å²) < 4.78 is 33.3. The fourth-order valence-corrected chi connectivity index (χ4v) is 3.95. The zero-order valence-corrected chi connectivity index (χ0v) is 17.7. The van der Waals surface area contributed by atoms with E-state index >= 15 is 0 Å². The van der Waals surface area contributed by atoms with E-state index in [1.807, 2.05) is 51.1 Å². The van der Waals surface area contributed by atoms with Crippen LogP contribution in [0.1, 0.15) is 32.8 Å². The Labute approximate surface area is 172 Å². The molecule has 0 saturated carbocycles. The summed E-state index contributed by atoms with van der Waals surface area (Å²) in [6.45, 7) is 6.50. The zero-order chi connectivity index (χ0) is 21.1. The van der Waals surface area contributed by atoms with Gasteiger partial charge in [0.05, 0.1) is 22.2 Å². The summed E-state index contributed by atoms with van der Waals surface area (Å²) in [6, 6.07) is 14.2. The van der Waals surface area contributed by atoms with E-state index in [-0.39, 0.29) is 12.5 Å². The number of nitrogens with zero attached hydrogens (tertiary/aromatic N) is 1. The van der Waals surface area contributed by atoms with Crippen LogP contribution in [-0.4, -0.2) is 27.5 Å². The Bertz CT molecular complexity index is 1010. The molecule has 0 fully saturated rings. The number of benzene rings is 2. The van der Waals surface area contributed by atoms with Gasteiger partial charge in [-0.05, 0) is 44.0 Å². The second-order valence-electron chi connectivity index (χ2n) is 7.67. The van der Waals surface area contributed by atoms with Crippen LogP contribution in [-0.2, 0) is 14.8 Å². The highest BCUT2D eigenvalue weighted by Gasteiger charge is 2.37. The molecule has 2 aromatic rings. The van der Waals surface area contributed by atoms with E-state index in [1.165, 1.54) is 6.08 Å². The highest BCUT2D eigenvalue weighted by Crippen LogP contribution is 2.38. The third-order valence-corrected chi connectivity index (χ3v) is 5.62. The Kier molecular flexibility index (Phi) is 5.98. The van der Waals surface area contributed by atoms with Crippen molar-refractivity contribution in [3.05, 3.63) is 59.5 Å². The molecule has 1 aliphatic rings. The molecule has 0 saturated heterocycles. The van der Waals surface area contributed by atoms with Crippen LogP contribution >= 0.6 is 0 Å². The van der Waals surface area contributed by atoms with Gasteiger partial charge in [0.2, 0.25) is 5.91 Å². The van der Waals surface area contributed by atoms with Gasteiger partial charge in [0.15, 0.2) is 0 Å². The molecule has 29 heavy (non-hydrogen) atoms. The monoisotopic (exact) mass is 414 g/mol. The van der Waals surface area contributed by atoms with Crippen molar-refractivity contribution in [1.82, 2.24) is 0 Å². The first-order valence-corrected chi connectivity index (χ1v) is 11.1. The number of amides is 1. The molecule has 3 rings (SSSR count). The first-order valence-electron chi connectivity index (χ1n) is 9.56. The molecule has 7 heteroatoms. The Morgan fingerprint density at radius 1 is 1.17 bits per heavy atom. The predicted octanol–water partition coefficient (Wildman–Crippen LogP) is 4.26. The molecule has 0 atom stereocenters. The van der Waals surface area contributed by atoms with Crippen LogP contribution < -0.4 is 14.4 Å². The zero-order valence-electron chi connectivity index (χ0n) is 16.9.